The molecule has 1 aromatic carbocycles. The Balaban J connectivity index is 2.21. The number of hydrogen-bond acceptors (Lipinski definition) is 3. The molecule has 1 atom stereocenters. The predicted octanol–water partition coefficient (Wildman–Crippen LogP) is 2.99. The molecule has 1 fully saturated rings. The van der Waals surface area contributed by atoms with Gasteiger partial charge in [-0.05, 0) is 47.5 Å². The number of halogens is 1. The van der Waals surface area contributed by atoms with Gasteiger partial charge in [-0.2, -0.15) is 0 Å². The lowest BCUT2D eigenvalue weighted by atomic mass is 10.2. The lowest BCUT2D eigenvalue weighted by Crippen LogP contribution is -2.36. The summed E-state index contributed by atoms with van der Waals surface area (Å²) >= 11 is 7.70. The predicted molar refractivity (Wildman–Crippen MR) is 77.3 cm³/mol. The van der Waals surface area contributed by atoms with E-state index in [9.17, 15) is 4.79 Å². The summed E-state index contributed by atoms with van der Waals surface area (Å²) in [5.41, 5.74) is 0.664. The Morgan fingerprint density at radius 3 is 3.11 bits per heavy atom. The Bertz CT molecular complexity index is 453. The van der Waals surface area contributed by atoms with Crippen LogP contribution in [0.1, 0.15) is 23.7 Å². The molecule has 1 aromatic rings. The fourth-order valence-corrected chi connectivity index (χ4v) is 2.65. The van der Waals surface area contributed by atoms with Crippen molar-refractivity contribution in [2.75, 3.05) is 19.7 Å². The molecule has 3 nitrogen and oxygen atoms in total. The van der Waals surface area contributed by atoms with Crippen LogP contribution in [-0.4, -0.2) is 36.6 Å². The molecule has 1 unspecified atom stereocenters. The van der Waals surface area contributed by atoms with Crippen LogP contribution in [0.3, 0.4) is 0 Å². The molecule has 0 aliphatic carbocycles. The van der Waals surface area contributed by atoms with Gasteiger partial charge in [0.25, 0.3) is 5.91 Å². The highest BCUT2D eigenvalue weighted by molar-refractivity contribution is 9.10. The zero-order chi connectivity index (χ0) is 13.1. The first-order chi connectivity index (χ1) is 8.58. The van der Waals surface area contributed by atoms with Gasteiger partial charge in [0.2, 0.25) is 0 Å². The second-order valence-corrected chi connectivity index (χ2v) is 5.82. The zero-order valence-corrected chi connectivity index (χ0v) is 12.7. The van der Waals surface area contributed by atoms with Crippen LogP contribution in [0.15, 0.2) is 27.6 Å². The fraction of sp³-hybridized carbons (Fsp3) is 0.462. The third kappa shape index (κ3) is 3.28. The molecule has 0 bridgehead atoms. The number of hydrogen-bond donors (Lipinski definition) is 1. The Morgan fingerprint density at radius 2 is 2.33 bits per heavy atom. The summed E-state index contributed by atoms with van der Waals surface area (Å²) in [6, 6.07) is 5.51. The quantitative estimate of drug-likeness (QED) is 0.802. The fourth-order valence-electron chi connectivity index (χ4n) is 2.03. The van der Waals surface area contributed by atoms with Crippen LogP contribution >= 0.6 is 28.6 Å². The van der Waals surface area contributed by atoms with Crippen molar-refractivity contribution in [2.45, 2.75) is 24.3 Å². The summed E-state index contributed by atoms with van der Waals surface area (Å²) in [5.74, 6) is 0.0372. The Morgan fingerprint density at radius 1 is 1.56 bits per heavy atom. The molecule has 5 heteroatoms. The first kappa shape index (κ1) is 13.9. The minimum Gasteiger partial charge on any atom is -0.377 e. The van der Waals surface area contributed by atoms with Gasteiger partial charge in [-0.25, -0.2) is 0 Å². The van der Waals surface area contributed by atoms with E-state index in [0.29, 0.717) is 12.1 Å². The molecule has 0 saturated carbocycles. The van der Waals surface area contributed by atoms with Crippen LogP contribution in [0, 0.1) is 0 Å². The molecule has 0 N–H and O–H groups in total. The van der Waals surface area contributed by atoms with Gasteiger partial charge in [-0.1, -0.05) is 0 Å². The van der Waals surface area contributed by atoms with Crippen molar-refractivity contribution < 1.29 is 9.53 Å². The van der Waals surface area contributed by atoms with Crippen LogP contribution in [0.25, 0.3) is 0 Å². The third-order valence-corrected chi connectivity index (χ3v) is 3.89. The van der Waals surface area contributed by atoms with Gasteiger partial charge in [-0.15, -0.1) is 12.6 Å². The summed E-state index contributed by atoms with van der Waals surface area (Å²) in [6.07, 6.45) is 0.975. The summed E-state index contributed by atoms with van der Waals surface area (Å²) in [5, 5.41) is 0. The molecule has 1 saturated heterocycles. The van der Waals surface area contributed by atoms with Crippen LogP contribution in [0.4, 0.5) is 0 Å². The maximum Gasteiger partial charge on any atom is 0.255 e. The summed E-state index contributed by atoms with van der Waals surface area (Å²) in [6.45, 7) is 4.10. The lowest BCUT2D eigenvalue weighted by molar-refractivity contribution is 0.0562. The van der Waals surface area contributed by atoms with Gasteiger partial charge in [-0.3, -0.25) is 4.79 Å². The third-order valence-electron chi connectivity index (χ3n) is 2.92. The smallest absolute Gasteiger partial charge is 0.255 e. The highest BCUT2D eigenvalue weighted by Crippen LogP contribution is 2.22. The molecule has 1 aliphatic rings. The van der Waals surface area contributed by atoms with Gasteiger partial charge < -0.3 is 9.64 Å². The van der Waals surface area contributed by atoms with Crippen molar-refractivity contribution in [3.63, 3.8) is 0 Å². The van der Waals surface area contributed by atoms with Gasteiger partial charge >= 0.3 is 0 Å². The molecule has 2 rings (SSSR count). The summed E-state index contributed by atoms with van der Waals surface area (Å²) < 4.78 is 6.36. The molecule has 0 spiro atoms. The first-order valence-electron chi connectivity index (χ1n) is 5.97. The van der Waals surface area contributed by atoms with Crippen molar-refractivity contribution in [3.05, 3.63) is 28.2 Å². The van der Waals surface area contributed by atoms with Crippen LogP contribution < -0.4 is 0 Å². The van der Waals surface area contributed by atoms with Gasteiger partial charge in [0.1, 0.15) is 0 Å². The summed E-state index contributed by atoms with van der Waals surface area (Å²) in [4.78, 5) is 15.1. The minimum absolute atomic E-state index is 0.0372. The van der Waals surface area contributed by atoms with Crippen molar-refractivity contribution in [1.29, 1.82) is 0 Å². The van der Waals surface area contributed by atoms with Crippen molar-refractivity contribution >= 4 is 34.5 Å². The molecule has 1 aliphatic heterocycles. The van der Waals surface area contributed by atoms with E-state index in [2.05, 4.69) is 28.6 Å². The normalized spacial score (nSPS) is 20.6. The zero-order valence-electron chi connectivity index (χ0n) is 10.2. The monoisotopic (exact) mass is 329 g/mol. The number of carbonyl (C=O) groups excluding carboxylic acids is 1. The van der Waals surface area contributed by atoms with E-state index in [1.165, 1.54) is 0 Å². The molecular formula is C13H16BrNO2S. The van der Waals surface area contributed by atoms with Crippen molar-refractivity contribution in [1.82, 2.24) is 4.90 Å². The van der Waals surface area contributed by atoms with Crippen LogP contribution in [0.5, 0.6) is 0 Å². The molecule has 18 heavy (non-hydrogen) atoms. The standard InChI is InChI=1S/C13H16BrNO2S/c1-9-8-15(5-2-6-17-9)13(16)11-7-10(18)3-4-12(11)14/h3-4,7,9,18H,2,5-6,8H2,1H3. The maximum atomic E-state index is 12.5. The molecule has 1 heterocycles. The van der Waals surface area contributed by atoms with E-state index in [0.717, 1.165) is 28.9 Å². The van der Waals surface area contributed by atoms with Gasteiger partial charge in [0.05, 0.1) is 11.7 Å². The number of rotatable bonds is 1. The van der Waals surface area contributed by atoms with E-state index < -0.39 is 0 Å². The number of nitrogens with zero attached hydrogens (tertiary/aromatic N) is 1. The minimum atomic E-state index is 0.0372. The highest BCUT2D eigenvalue weighted by Gasteiger charge is 2.22. The number of thiol groups is 1. The number of amides is 1. The van der Waals surface area contributed by atoms with Gasteiger partial charge in [0, 0.05) is 29.1 Å². The number of carbonyl (C=O) groups is 1. The average molecular weight is 330 g/mol. The van der Waals surface area contributed by atoms with E-state index >= 15 is 0 Å². The largest absolute Gasteiger partial charge is 0.377 e. The van der Waals surface area contributed by atoms with Crippen molar-refractivity contribution in [2.24, 2.45) is 0 Å². The average Bonchev–Trinajstić information content (AvgIpc) is 2.56. The van der Waals surface area contributed by atoms with E-state index in [4.69, 9.17) is 4.74 Å². The Hall–Kier alpha value is -0.520. The Labute approximate surface area is 121 Å². The number of benzene rings is 1. The first-order valence-corrected chi connectivity index (χ1v) is 7.21. The summed E-state index contributed by atoms with van der Waals surface area (Å²) in [7, 11) is 0. The number of ether oxygens (including phenoxy) is 1. The van der Waals surface area contributed by atoms with Crippen LogP contribution in [-0.2, 0) is 4.74 Å². The van der Waals surface area contributed by atoms with Crippen molar-refractivity contribution in [3.8, 4) is 0 Å². The molecule has 0 aromatic heterocycles. The van der Waals surface area contributed by atoms with Crippen LogP contribution in [0.2, 0.25) is 0 Å². The van der Waals surface area contributed by atoms with E-state index in [1.54, 1.807) is 6.07 Å². The second kappa shape index (κ2) is 6.08. The second-order valence-electron chi connectivity index (χ2n) is 4.45. The molecule has 98 valence electrons. The molecule has 0 radical (unpaired) electrons. The molecular weight excluding hydrogens is 314 g/mol. The maximum absolute atomic E-state index is 12.5. The SMILES string of the molecule is CC1CN(C(=O)c2cc(S)ccc2Br)CCCO1. The lowest BCUT2D eigenvalue weighted by Gasteiger charge is -2.22. The van der Waals surface area contributed by atoms with E-state index in [1.807, 2.05) is 24.0 Å². The van der Waals surface area contributed by atoms with E-state index in [-0.39, 0.29) is 12.0 Å². The Kier molecular flexibility index (Phi) is 4.70. The highest BCUT2D eigenvalue weighted by atomic mass is 79.9. The molecule has 1 amide bonds. The topological polar surface area (TPSA) is 29.5 Å². The van der Waals surface area contributed by atoms with Gasteiger partial charge in [0.15, 0.2) is 0 Å².